The van der Waals surface area contributed by atoms with Gasteiger partial charge < -0.3 is 0 Å². The fraction of sp³-hybridized carbons (Fsp3) is 0.533. The summed E-state index contributed by atoms with van der Waals surface area (Å²) in [6.45, 7) is 2.15. The average molecular weight is 214 g/mol. The monoisotopic (exact) mass is 214 g/mol. The molecule has 0 spiro atoms. The molecule has 1 heteroatoms. The highest BCUT2D eigenvalue weighted by Gasteiger charge is 2.36. The van der Waals surface area contributed by atoms with Gasteiger partial charge in [0.2, 0.25) is 0 Å². The molecule has 3 rings (SSSR count). The number of rotatable bonds is 0. The van der Waals surface area contributed by atoms with E-state index in [-0.39, 0.29) is 0 Å². The maximum Gasteiger partial charge on any atom is 0.136 e. The molecular weight excluding hydrogens is 196 g/mol. The lowest BCUT2D eigenvalue weighted by Gasteiger charge is -2.36. The van der Waals surface area contributed by atoms with Crippen LogP contribution in [0.3, 0.4) is 0 Å². The number of hydrogen-bond donors (Lipinski definition) is 0. The Bertz CT molecular complexity index is 433. The molecule has 0 saturated heterocycles. The summed E-state index contributed by atoms with van der Waals surface area (Å²) in [5.74, 6) is 1.39. The highest BCUT2D eigenvalue weighted by molar-refractivity contribution is 5.83. The Morgan fingerprint density at radius 2 is 2.00 bits per heavy atom. The van der Waals surface area contributed by atoms with Crippen molar-refractivity contribution in [1.82, 2.24) is 0 Å². The zero-order valence-corrected chi connectivity index (χ0v) is 9.83. The molecule has 2 atom stereocenters. The van der Waals surface area contributed by atoms with E-state index < -0.39 is 0 Å². The van der Waals surface area contributed by atoms with Gasteiger partial charge in [-0.25, -0.2) is 0 Å². The van der Waals surface area contributed by atoms with E-state index in [0.29, 0.717) is 17.6 Å². The second-order valence-electron chi connectivity index (χ2n) is 5.31. The third kappa shape index (κ3) is 1.50. The molecule has 1 nitrogen and oxygen atoms in total. The van der Waals surface area contributed by atoms with Crippen LogP contribution in [-0.2, 0) is 11.2 Å². The van der Waals surface area contributed by atoms with Crippen LogP contribution in [0.1, 0.15) is 48.3 Å². The van der Waals surface area contributed by atoms with Crippen LogP contribution in [0.2, 0.25) is 0 Å². The Labute approximate surface area is 96.9 Å². The fourth-order valence-corrected chi connectivity index (χ4v) is 3.44. The normalized spacial score (nSPS) is 28.4. The first-order valence-electron chi connectivity index (χ1n) is 6.38. The summed E-state index contributed by atoms with van der Waals surface area (Å²) in [6, 6.07) is 6.77. The molecule has 1 aromatic rings. The molecule has 0 radical (unpaired) electrons. The van der Waals surface area contributed by atoms with E-state index in [0.717, 1.165) is 25.7 Å². The van der Waals surface area contributed by atoms with Crippen LogP contribution < -0.4 is 0 Å². The number of aryl methyl sites for hydroxylation is 2. The lowest BCUT2D eigenvalue weighted by molar-refractivity contribution is -0.125. The largest absolute Gasteiger partial charge is 0.299 e. The number of hydrogen-bond acceptors (Lipinski definition) is 1. The second kappa shape index (κ2) is 3.73. The molecule has 84 valence electrons. The predicted molar refractivity (Wildman–Crippen MR) is 64.6 cm³/mol. The Hall–Kier alpha value is -1.11. The summed E-state index contributed by atoms with van der Waals surface area (Å²) < 4.78 is 0. The first-order valence-corrected chi connectivity index (χ1v) is 6.38. The fourth-order valence-electron chi connectivity index (χ4n) is 3.44. The van der Waals surface area contributed by atoms with Crippen molar-refractivity contribution in [3.05, 3.63) is 34.9 Å². The molecule has 1 aromatic carbocycles. The molecule has 2 aliphatic rings. The van der Waals surface area contributed by atoms with E-state index in [1.807, 2.05) is 0 Å². The number of carbonyl (C=O) groups excluding carboxylic acids is 1. The first kappa shape index (κ1) is 10.1. The van der Waals surface area contributed by atoms with Gasteiger partial charge in [0.25, 0.3) is 0 Å². The van der Waals surface area contributed by atoms with Crippen LogP contribution in [0.4, 0.5) is 0 Å². The third-order valence-corrected chi connectivity index (χ3v) is 4.26. The van der Waals surface area contributed by atoms with Crippen molar-refractivity contribution in [2.45, 2.75) is 44.9 Å². The summed E-state index contributed by atoms with van der Waals surface area (Å²) in [4.78, 5) is 11.9. The lowest BCUT2D eigenvalue weighted by Crippen LogP contribution is -2.31. The number of benzene rings is 1. The Balaban J connectivity index is 2.04. The highest BCUT2D eigenvalue weighted by Crippen LogP contribution is 2.43. The van der Waals surface area contributed by atoms with Crippen LogP contribution >= 0.6 is 0 Å². The Morgan fingerprint density at radius 1 is 1.12 bits per heavy atom. The van der Waals surface area contributed by atoms with Crippen LogP contribution in [0.5, 0.6) is 0 Å². The van der Waals surface area contributed by atoms with Crippen LogP contribution in [0, 0.1) is 12.8 Å². The summed E-state index contributed by atoms with van der Waals surface area (Å²) >= 11 is 0. The van der Waals surface area contributed by atoms with Crippen molar-refractivity contribution in [1.29, 1.82) is 0 Å². The van der Waals surface area contributed by atoms with Gasteiger partial charge in [0.15, 0.2) is 0 Å². The Kier molecular flexibility index (Phi) is 2.34. The summed E-state index contributed by atoms with van der Waals surface area (Å²) in [5, 5.41) is 0. The van der Waals surface area contributed by atoms with Crippen LogP contribution in [0.15, 0.2) is 18.2 Å². The van der Waals surface area contributed by atoms with Crippen molar-refractivity contribution < 1.29 is 4.79 Å². The summed E-state index contributed by atoms with van der Waals surface area (Å²) in [5.41, 5.74) is 4.29. The van der Waals surface area contributed by atoms with E-state index in [9.17, 15) is 4.79 Å². The topological polar surface area (TPSA) is 17.1 Å². The summed E-state index contributed by atoms with van der Waals surface area (Å²) in [6.07, 6.45) is 5.31. The molecule has 2 unspecified atom stereocenters. The molecule has 1 fully saturated rings. The standard InChI is InChI=1S/C15H18O/c1-10-5-6-11-7-8-13-12(14(11)9-10)3-2-4-15(13)16/h5-6,9,12-13H,2-4,7-8H2,1H3. The SMILES string of the molecule is Cc1ccc2c(c1)C1CCCC(=O)C1CC2. The molecule has 0 aromatic heterocycles. The Morgan fingerprint density at radius 3 is 2.88 bits per heavy atom. The molecular formula is C15H18O. The van der Waals surface area contributed by atoms with Gasteiger partial charge in [-0.05, 0) is 49.7 Å². The van der Waals surface area contributed by atoms with Gasteiger partial charge in [-0.3, -0.25) is 4.79 Å². The minimum atomic E-state index is 0.336. The van der Waals surface area contributed by atoms with Crippen molar-refractivity contribution in [3.63, 3.8) is 0 Å². The van der Waals surface area contributed by atoms with E-state index in [2.05, 4.69) is 25.1 Å². The van der Waals surface area contributed by atoms with E-state index in [1.54, 1.807) is 0 Å². The maximum atomic E-state index is 11.9. The van der Waals surface area contributed by atoms with E-state index in [1.165, 1.54) is 23.1 Å². The van der Waals surface area contributed by atoms with Gasteiger partial charge in [-0.15, -0.1) is 0 Å². The van der Waals surface area contributed by atoms with Crippen molar-refractivity contribution in [2.24, 2.45) is 5.92 Å². The molecule has 0 aliphatic heterocycles. The van der Waals surface area contributed by atoms with E-state index in [4.69, 9.17) is 0 Å². The maximum absolute atomic E-state index is 11.9. The van der Waals surface area contributed by atoms with Crippen molar-refractivity contribution in [3.8, 4) is 0 Å². The van der Waals surface area contributed by atoms with Gasteiger partial charge in [-0.1, -0.05) is 23.8 Å². The first-order chi connectivity index (χ1) is 7.75. The molecule has 1 saturated carbocycles. The number of Topliss-reactive ketones (excluding diaryl/α,β-unsaturated/α-hetero) is 1. The zero-order valence-electron chi connectivity index (χ0n) is 9.83. The smallest absolute Gasteiger partial charge is 0.136 e. The van der Waals surface area contributed by atoms with Gasteiger partial charge >= 0.3 is 0 Å². The molecule has 0 N–H and O–H groups in total. The van der Waals surface area contributed by atoms with Gasteiger partial charge in [0.05, 0.1) is 0 Å². The van der Waals surface area contributed by atoms with Gasteiger partial charge in [-0.2, -0.15) is 0 Å². The quantitative estimate of drug-likeness (QED) is 0.647. The number of fused-ring (bicyclic) bond motifs is 3. The molecule has 0 amide bonds. The number of carbonyl (C=O) groups is 1. The average Bonchev–Trinajstić information content (AvgIpc) is 2.29. The minimum absolute atomic E-state index is 0.336. The molecule has 0 bridgehead atoms. The van der Waals surface area contributed by atoms with Crippen LogP contribution in [0.25, 0.3) is 0 Å². The van der Waals surface area contributed by atoms with Gasteiger partial charge in [0.1, 0.15) is 5.78 Å². The third-order valence-electron chi connectivity index (χ3n) is 4.26. The predicted octanol–water partition coefficient (Wildman–Crippen LogP) is 3.39. The lowest BCUT2D eigenvalue weighted by atomic mass is 9.67. The van der Waals surface area contributed by atoms with E-state index >= 15 is 0 Å². The van der Waals surface area contributed by atoms with Crippen molar-refractivity contribution in [2.75, 3.05) is 0 Å². The van der Waals surface area contributed by atoms with Gasteiger partial charge in [0, 0.05) is 12.3 Å². The highest BCUT2D eigenvalue weighted by atomic mass is 16.1. The molecule has 0 heterocycles. The zero-order chi connectivity index (χ0) is 11.1. The second-order valence-corrected chi connectivity index (χ2v) is 5.31. The molecule has 2 aliphatic carbocycles. The van der Waals surface area contributed by atoms with Crippen LogP contribution in [-0.4, -0.2) is 5.78 Å². The minimum Gasteiger partial charge on any atom is -0.299 e. The molecule has 16 heavy (non-hydrogen) atoms. The van der Waals surface area contributed by atoms with Crippen molar-refractivity contribution >= 4 is 5.78 Å². The number of ketones is 1. The summed E-state index contributed by atoms with van der Waals surface area (Å²) in [7, 11) is 0.